The van der Waals surface area contributed by atoms with E-state index in [1.54, 1.807) is 30.1 Å². The zero-order chi connectivity index (χ0) is 38.8. The molecule has 0 bridgehead atoms. The molecule has 1 unspecified atom stereocenters. The molecule has 3 aliphatic rings. The van der Waals surface area contributed by atoms with Crippen molar-refractivity contribution in [2.75, 3.05) is 68.0 Å². The van der Waals surface area contributed by atoms with Crippen molar-refractivity contribution in [1.29, 1.82) is 0 Å². The Morgan fingerprint density at radius 1 is 0.946 bits per heavy atom. The molecule has 2 fully saturated rings. The Morgan fingerprint density at radius 2 is 1.73 bits per heavy atom. The van der Waals surface area contributed by atoms with Crippen molar-refractivity contribution in [3.8, 4) is 5.82 Å². The molecular formula is C43H50N10O3. The van der Waals surface area contributed by atoms with E-state index in [1.807, 2.05) is 35.0 Å². The van der Waals surface area contributed by atoms with Gasteiger partial charge >= 0.3 is 0 Å². The Morgan fingerprint density at radius 3 is 2.45 bits per heavy atom. The first-order chi connectivity index (χ1) is 27.4. The summed E-state index contributed by atoms with van der Waals surface area (Å²) in [7, 11) is 1.58. The average Bonchev–Trinajstić information content (AvgIpc) is 3.78. The lowest BCUT2D eigenvalue weighted by molar-refractivity contribution is 0.0957. The van der Waals surface area contributed by atoms with Crippen LogP contribution in [0.4, 0.5) is 23.0 Å². The first-order valence-corrected chi connectivity index (χ1v) is 19.9. The second-order valence-corrected chi connectivity index (χ2v) is 15.1. The number of aryl methyl sites for hydroxylation is 1. The molecule has 13 nitrogen and oxygen atoms in total. The zero-order valence-electron chi connectivity index (χ0n) is 32.3. The molecule has 5 aromatic rings. The fraction of sp³-hybridized carbons (Fsp3) is 0.395. The van der Waals surface area contributed by atoms with Crippen LogP contribution in [0.15, 0.2) is 78.2 Å². The maximum Gasteiger partial charge on any atom is 0.278 e. The molecule has 0 saturated carbocycles. The van der Waals surface area contributed by atoms with Crippen molar-refractivity contribution in [2.45, 2.75) is 51.5 Å². The Balaban J connectivity index is 0.884. The lowest BCUT2D eigenvalue weighted by Crippen LogP contribution is -2.49. The van der Waals surface area contributed by atoms with Crippen LogP contribution in [0.25, 0.3) is 16.9 Å². The molecule has 3 aromatic heterocycles. The number of rotatable bonds is 12. The van der Waals surface area contributed by atoms with E-state index in [4.69, 9.17) is 9.97 Å². The highest BCUT2D eigenvalue weighted by molar-refractivity contribution is 6.04. The maximum atomic E-state index is 13.5. The summed E-state index contributed by atoms with van der Waals surface area (Å²) in [6, 6.07) is 18.0. The molecule has 2 aromatic carbocycles. The molecule has 0 spiro atoms. The van der Waals surface area contributed by atoms with Crippen molar-refractivity contribution in [2.24, 2.45) is 5.92 Å². The summed E-state index contributed by atoms with van der Waals surface area (Å²) in [5.41, 5.74) is 6.51. The second-order valence-electron chi connectivity index (χ2n) is 15.1. The number of piperazine rings is 1. The molecule has 56 heavy (non-hydrogen) atoms. The normalized spacial score (nSPS) is 17.6. The van der Waals surface area contributed by atoms with Gasteiger partial charge in [-0.25, -0.2) is 19.3 Å². The number of nitrogens with one attached hydrogen (secondary N) is 2. The maximum absolute atomic E-state index is 13.5. The third-order valence-electron chi connectivity index (χ3n) is 11.8. The fourth-order valence-electron chi connectivity index (χ4n) is 8.73. The summed E-state index contributed by atoms with van der Waals surface area (Å²) in [6.07, 6.45) is 9.39. The molecule has 8 rings (SSSR count). The van der Waals surface area contributed by atoms with E-state index < -0.39 is 0 Å². The van der Waals surface area contributed by atoms with Gasteiger partial charge in [0.25, 0.3) is 11.5 Å². The number of pyridine rings is 1. The van der Waals surface area contributed by atoms with Crippen LogP contribution in [0.2, 0.25) is 0 Å². The number of carbonyl (C=O) groups is 2. The average molecular weight is 755 g/mol. The van der Waals surface area contributed by atoms with Gasteiger partial charge in [-0.2, -0.15) is 4.98 Å². The van der Waals surface area contributed by atoms with Crippen molar-refractivity contribution in [3.63, 3.8) is 0 Å². The highest BCUT2D eigenvalue weighted by atomic mass is 16.2. The third kappa shape index (κ3) is 7.18. The van der Waals surface area contributed by atoms with Gasteiger partial charge in [0.15, 0.2) is 17.8 Å². The molecule has 1 amide bonds. The SMILES string of the molecule is C=CCn1c(=O)c2cnc(Nc3ccc(N4CCN(CC5CCN(c6cccc(C(=O)NC)c6C=O)CC5)CC4)cc3)nc2n1-c1ccc2c(n1)C(CC)CC2. The van der Waals surface area contributed by atoms with E-state index in [-0.39, 0.29) is 11.5 Å². The first kappa shape index (κ1) is 37.1. The van der Waals surface area contributed by atoms with Crippen molar-refractivity contribution >= 4 is 46.2 Å². The van der Waals surface area contributed by atoms with Gasteiger partial charge in [-0.15, -0.1) is 6.58 Å². The van der Waals surface area contributed by atoms with Gasteiger partial charge in [0, 0.05) is 87.7 Å². The zero-order valence-corrected chi connectivity index (χ0v) is 32.3. The van der Waals surface area contributed by atoms with E-state index in [0.717, 1.165) is 101 Å². The third-order valence-corrected chi connectivity index (χ3v) is 11.8. The summed E-state index contributed by atoms with van der Waals surface area (Å²) in [6.45, 7) is 13.1. The van der Waals surface area contributed by atoms with Gasteiger partial charge in [-0.05, 0) is 86.1 Å². The van der Waals surface area contributed by atoms with Crippen LogP contribution < -0.4 is 26.0 Å². The monoisotopic (exact) mass is 754 g/mol. The molecule has 5 heterocycles. The molecular weight excluding hydrogens is 705 g/mol. The van der Waals surface area contributed by atoms with E-state index in [0.29, 0.717) is 52.3 Å². The smallest absolute Gasteiger partial charge is 0.278 e. The predicted molar refractivity (Wildman–Crippen MR) is 221 cm³/mol. The number of allylic oxidation sites excluding steroid dienone is 1. The highest BCUT2D eigenvalue weighted by Crippen LogP contribution is 2.35. The Bertz CT molecular complexity index is 2300. The van der Waals surface area contributed by atoms with Gasteiger partial charge in [0.2, 0.25) is 5.95 Å². The number of piperidine rings is 1. The number of hydrogen-bond acceptors (Lipinski definition) is 10. The number of carbonyl (C=O) groups excluding carboxylic acids is 2. The number of hydrogen-bond donors (Lipinski definition) is 2. The van der Waals surface area contributed by atoms with E-state index in [1.165, 1.54) is 11.3 Å². The van der Waals surface area contributed by atoms with Crippen LogP contribution in [-0.4, -0.2) is 94.3 Å². The van der Waals surface area contributed by atoms with E-state index >= 15 is 0 Å². The van der Waals surface area contributed by atoms with Gasteiger partial charge in [0.1, 0.15) is 5.39 Å². The van der Waals surface area contributed by atoms with Crippen LogP contribution in [0.5, 0.6) is 0 Å². The standard InChI is InChI=1S/C43H50N10O3/c1-4-19-52-42(56)35-26-45-43(48-40(35)53(52)38-16-11-31-10-9-30(5-2)39(31)47-38)46-32-12-14-33(15-13-32)50-24-22-49(23-25-50)27-29-17-20-51(21-18-29)37-8-6-7-34(36(37)28-54)41(55)44-3/h4,6-8,11-16,26,28-30H,1,5,9-10,17-25,27H2,2-3H3,(H,44,55)(H,45,46,48). The van der Waals surface area contributed by atoms with Gasteiger partial charge in [-0.1, -0.05) is 25.1 Å². The van der Waals surface area contributed by atoms with Crippen LogP contribution in [-0.2, 0) is 13.0 Å². The Labute approximate surface area is 327 Å². The summed E-state index contributed by atoms with van der Waals surface area (Å²) in [5, 5.41) is 6.43. The number of aromatic nitrogens is 5. The summed E-state index contributed by atoms with van der Waals surface area (Å²) >= 11 is 0. The Hall–Kier alpha value is -5.82. The molecule has 2 N–H and O–H groups in total. The molecule has 0 radical (unpaired) electrons. The quantitative estimate of drug-likeness (QED) is 0.123. The van der Waals surface area contributed by atoms with Crippen molar-refractivity contribution in [3.05, 3.63) is 106 Å². The fourth-order valence-corrected chi connectivity index (χ4v) is 8.73. The Kier molecular flexibility index (Phi) is 10.7. The van der Waals surface area contributed by atoms with Gasteiger partial charge < -0.3 is 20.4 Å². The molecule has 1 aliphatic carbocycles. The number of fused-ring (bicyclic) bond motifs is 2. The predicted octanol–water partition coefficient (Wildman–Crippen LogP) is 5.56. The lowest BCUT2D eigenvalue weighted by Gasteiger charge is -2.40. The number of anilines is 4. The number of nitrogens with zero attached hydrogens (tertiary/aromatic N) is 8. The minimum atomic E-state index is -0.239. The number of amides is 1. The van der Waals surface area contributed by atoms with Crippen LogP contribution in [0.1, 0.15) is 70.5 Å². The van der Waals surface area contributed by atoms with E-state index in [9.17, 15) is 14.4 Å². The minimum Gasteiger partial charge on any atom is -0.371 e. The summed E-state index contributed by atoms with van der Waals surface area (Å²) < 4.78 is 3.43. The van der Waals surface area contributed by atoms with E-state index in [2.05, 4.69) is 62.0 Å². The van der Waals surface area contributed by atoms with Gasteiger partial charge in [0.05, 0.1) is 17.7 Å². The molecule has 290 valence electrons. The van der Waals surface area contributed by atoms with Crippen LogP contribution in [0.3, 0.4) is 0 Å². The largest absolute Gasteiger partial charge is 0.371 e. The highest BCUT2D eigenvalue weighted by Gasteiger charge is 2.27. The van der Waals surface area contributed by atoms with Crippen LogP contribution in [0, 0.1) is 5.92 Å². The summed E-state index contributed by atoms with van der Waals surface area (Å²) in [4.78, 5) is 59.5. The first-order valence-electron chi connectivity index (χ1n) is 19.9. The topological polar surface area (TPSA) is 134 Å². The minimum absolute atomic E-state index is 0.175. The second kappa shape index (κ2) is 16.1. The van der Waals surface area contributed by atoms with Crippen LogP contribution >= 0.6 is 0 Å². The lowest BCUT2D eigenvalue weighted by atomic mass is 9.94. The molecule has 1 atom stereocenters. The molecule has 2 aliphatic heterocycles. The molecule has 2 saturated heterocycles. The molecule has 13 heteroatoms. The number of aldehydes is 1. The van der Waals surface area contributed by atoms with Crippen molar-refractivity contribution in [1.82, 2.24) is 34.5 Å². The summed E-state index contributed by atoms with van der Waals surface area (Å²) in [5.74, 6) is 1.86. The van der Waals surface area contributed by atoms with Crippen molar-refractivity contribution < 1.29 is 9.59 Å². The number of benzene rings is 2. The van der Waals surface area contributed by atoms with Gasteiger partial charge in [-0.3, -0.25) is 19.3 Å².